The number of rotatable bonds is 7. The molecule has 0 spiro atoms. The number of ether oxygens (including phenoxy) is 4. The normalized spacial score (nSPS) is 10.6. The van der Waals surface area contributed by atoms with Crippen molar-refractivity contribution in [2.75, 3.05) is 28.4 Å². The number of benzene rings is 2. The number of aromatic carboxylic acids is 1. The Labute approximate surface area is 166 Å². The highest BCUT2D eigenvalue weighted by Gasteiger charge is 2.20. The molecule has 3 aromatic rings. The van der Waals surface area contributed by atoms with E-state index in [1.807, 2.05) is 0 Å². The van der Waals surface area contributed by atoms with Crippen molar-refractivity contribution in [3.63, 3.8) is 0 Å². The second kappa shape index (κ2) is 8.14. The summed E-state index contributed by atoms with van der Waals surface area (Å²) in [5.41, 5.74) is -0.242. The van der Waals surface area contributed by atoms with Crippen molar-refractivity contribution in [3.8, 4) is 23.0 Å². The minimum absolute atomic E-state index is 0.0285. The van der Waals surface area contributed by atoms with Gasteiger partial charge in [-0.1, -0.05) is 0 Å². The van der Waals surface area contributed by atoms with Crippen LogP contribution in [-0.2, 0) is 6.42 Å². The average Bonchev–Trinajstić information content (AvgIpc) is 2.71. The Morgan fingerprint density at radius 3 is 2.10 bits per heavy atom. The van der Waals surface area contributed by atoms with Gasteiger partial charge in [-0.3, -0.25) is 0 Å². The standard InChI is InChI=1S/C21H20O8/c1-25-13-5-11(18(20(22)23)16(9-13)27-3)7-15-8-12-6-14(26-2)10-17(28-4)19(12)21(24)29-15/h5-6,8-10H,7H2,1-4H3,(H,22,23). The lowest BCUT2D eigenvalue weighted by atomic mass is 10.0. The fourth-order valence-corrected chi connectivity index (χ4v) is 3.18. The Hall–Kier alpha value is -3.68. The van der Waals surface area contributed by atoms with Crippen LogP contribution in [0.15, 0.2) is 39.5 Å². The van der Waals surface area contributed by atoms with Crippen molar-refractivity contribution < 1.29 is 33.3 Å². The van der Waals surface area contributed by atoms with E-state index in [0.29, 0.717) is 28.2 Å². The molecule has 0 saturated heterocycles. The Balaban J connectivity index is 2.18. The summed E-state index contributed by atoms with van der Waals surface area (Å²) in [5, 5.41) is 10.5. The third-order valence-corrected chi connectivity index (χ3v) is 4.50. The Morgan fingerprint density at radius 1 is 0.897 bits per heavy atom. The molecule has 29 heavy (non-hydrogen) atoms. The molecule has 0 amide bonds. The summed E-state index contributed by atoms with van der Waals surface area (Å²) in [5.74, 6) is 0.530. The molecule has 0 fully saturated rings. The maximum absolute atomic E-state index is 12.6. The molecule has 1 N–H and O–H groups in total. The maximum atomic E-state index is 12.6. The number of carboxylic acids is 1. The minimum atomic E-state index is -1.16. The van der Waals surface area contributed by atoms with Gasteiger partial charge in [0, 0.05) is 18.6 Å². The maximum Gasteiger partial charge on any atom is 0.347 e. The minimum Gasteiger partial charge on any atom is -0.497 e. The zero-order chi connectivity index (χ0) is 21.1. The van der Waals surface area contributed by atoms with Gasteiger partial charge in [-0.25, -0.2) is 9.59 Å². The molecule has 0 radical (unpaired) electrons. The second-order valence-electron chi connectivity index (χ2n) is 6.14. The first-order valence-electron chi connectivity index (χ1n) is 8.58. The molecule has 2 aromatic carbocycles. The summed E-state index contributed by atoms with van der Waals surface area (Å²) in [7, 11) is 5.80. The lowest BCUT2D eigenvalue weighted by Gasteiger charge is -2.13. The topological polar surface area (TPSA) is 104 Å². The third kappa shape index (κ3) is 3.82. The number of hydrogen-bond acceptors (Lipinski definition) is 7. The molecular weight excluding hydrogens is 380 g/mol. The van der Waals surface area contributed by atoms with Gasteiger partial charge in [-0.15, -0.1) is 0 Å². The highest BCUT2D eigenvalue weighted by molar-refractivity contribution is 5.93. The van der Waals surface area contributed by atoms with E-state index >= 15 is 0 Å². The smallest absolute Gasteiger partial charge is 0.347 e. The molecular formula is C21H20O8. The van der Waals surface area contributed by atoms with Crippen molar-refractivity contribution >= 4 is 16.7 Å². The van der Waals surface area contributed by atoms with Gasteiger partial charge in [0.15, 0.2) is 0 Å². The number of carbonyl (C=O) groups is 1. The van der Waals surface area contributed by atoms with Gasteiger partial charge in [-0.2, -0.15) is 0 Å². The largest absolute Gasteiger partial charge is 0.497 e. The summed E-state index contributed by atoms with van der Waals surface area (Å²) in [4.78, 5) is 24.4. The average molecular weight is 400 g/mol. The molecule has 0 atom stereocenters. The molecule has 0 aliphatic heterocycles. The van der Waals surface area contributed by atoms with Crippen molar-refractivity contribution in [1.29, 1.82) is 0 Å². The monoisotopic (exact) mass is 400 g/mol. The van der Waals surface area contributed by atoms with Gasteiger partial charge in [0.25, 0.3) is 0 Å². The van der Waals surface area contributed by atoms with E-state index in [-0.39, 0.29) is 28.9 Å². The van der Waals surface area contributed by atoms with E-state index in [9.17, 15) is 14.7 Å². The van der Waals surface area contributed by atoms with Gasteiger partial charge in [0.2, 0.25) is 0 Å². The molecule has 0 aliphatic rings. The summed E-state index contributed by atoms with van der Waals surface area (Å²) < 4.78 is 26.4. The van der Waals surface area contributed by atoms with E-state index in [0.717, 1.165) is 0 Å². The summed E-state index contributed by atoms with van der Waals surface area (Å²) in [6.07, 6.45) is 0.0416. The highest BCUT2D eigenvalue weighted by atomic mass is 16.5. The number of carboxylic acid groups (broad SMARTS) is 1. The van der Waals surface area contributed by atoms with Crippen molar-refractivity contribution in [2.45, 2.75) is 6.42 Å². The third-order valence-electron chi connectivity index (χ3n) is 4.50. The number of fused-ring (bicyclic) bond motifs is 1. The molecule has 0 aliphatic carbocycles. The van der Waals surface area contributed by atoms with Crippen LogP contribution in [0, 0.1) is 0 Å². The number of hydrogen-bond donors (Lipinski definition) is 1. The molecule has 3 rings (SSSR count). The number of methoxy groups -OCH3 is 4. The van der Waals surface area contributed by atoms with Crippen LogP contribution < -0.4 is 24.6 Å². The molecule has 1 heterocycles. The van der Waals surface area contributed by atoms with E-state index in [1.54, 1.807) is 24.3 Å². The molecule has 8 heteroatoms. The first-order valence-corrected chi connectivity index (χ1v) is 8.58. The molecule has 8 nitrogen and oxygen atoms in total. The zero-order valence-corrected chi connectivity index (χ0v) is 16.4. The van der Waals surface area contributed by atoms with Crippen LogP contribution in [0.25, 0.3) is 10.8 Å². The van der Waals surface area contributed by atoms with Gasteiger partial charge in [-0.05, 0) is 29.1 Å². The van der Waals surface area contributed by atoms with Gasteiger partial charge in [0.05, 0.1) is 28.4 Å². The van der Waals surface area contributed by atoms with Crippen LogP contribution in [-0.4, -0.2) is 39.5 Å². The fourth-order valence-electron chi connectivity index (χ4n) is 3.18. The fraction of sp³-hybridized carbons (Fsp3) is 0.238. The first kappa shape index (κ1) is 20.1. The predicted octanol–water partition coefficient (Wildman–Crippen LogP) is 3.12. The Bertz CT molecular complexity index is 1130. The summed E-state index contributed by atoms with van der Waals surface area (Å²) >= 11 is 0. The van der Waals surface area contributed by atoms with Crippen LogP contribution in [0.4, 0.5) is 0 Å². The van der Waals surface area contributed by atoms with E-state index in [1.165, 1.54) is 34.5 Å². The van der Waals surface area contributed by atoms with Crippen molar-refractivity contribution in [3.05, 3.63) is 57.6 Å². The Morgan fingerprint density at radius 2 is 1.52 bits per heavy atom. The van der Waals surface area contributed by atoms with Crippen LogP contribution in [0.1, 0.15) is 21.7 Å². The molecule has 0 bridgehead atoms. The van der Waals surface area contributed by atoms with E-state index in [4.69, 9.17) is 23.4 Å². The van der Waals surface area contributed by atoms with Gasteiger partial charge < -0.3 is 28.5 Å². The molecule has 0 saturated carbocycles. The van der Waals surface area contributed by atoms with Crippen LogP contribution in [0.3, 0.4) is 0 Å². The first-order chi connectivity index (χ1) is 13.9. The van der Waals surface area contributed by atoms with E-state index < -0.39 is 11.6 Å². The van der Waals surface area contributed by atoms with E-state index in [2.05, 4.69) is 0 Å². The zero-order valence-electron chi connectivity index (χ0n) is 16.4. The second-order valence-corrected chi connectivity index (χ2v) is 6.14. The van der Waals surface area contributed by atoms with Crippen LogP contribution in [0.2, 0.25) is 0 Å². The SMILES string of the molecule is COc1cc(Cc2cc3cc(OC)cc(OC)c3c(=O)o2)c(C(=O)O)c(OC)c1. The van der Waals surface area contributed by atoms with Crippen LogP contribution >= 0.6 is 0 Å². The van der Waals surface area contributed by atoms with Crippen molar-refractivity contribution in [1.82, 2.24) is 0 Å². The highest BCUT2D eigenvalue weighted by Crippen LogP contribution is 2.32. The summed E-state index contributed by atoms with van der Waals surface area (Å²) in [6, 6.07) is 7.98. The molecule has 152 valence electrons. The van der Waals surface area contributed by atoms with Gasteiger partial charge >= 0.3 is 11.6 Å². The lowest BCUT2D eigenvalue weighted by molar-refractivity contribution is 0.0692. The molecule has 0 unspecified atom stereocenters. The predicted molar refractivity (Wildman–Crippen MR) is 105 cm³/mol. The van der Waals surface area contributed by atoms with Crippen molar-refractivity contribution in [2.24, 2.45) is 0 Å². The summed E-state index contributed by atoms with van der Waals surface area (Å²) in [6.45, 7) is 0. The van der Waals surface area contributed by atoms with Crippen LogP contribution in [0.5, 0.6) is 23.0 Å². The van der Waals surface area contributed by atoms with Gasteiger partial charge in [0.1, 0.15) is 39.7 Å². The quantitative estimate of drug-likeness (QED) is 0.645. The Kier molecular flexibility index (Phi) is 5.63. The lowest BCUT2D eigenvalue weighted by Crippen LogP contribution is -2.09. The molecule has 1 aromatic heterocycles.